The zero-order valence-corrected chi connectivity index (χ0v) is 20.0. The smallest absolute Gasteiger partial charge is 0.222 e. The molecule has 0 spiro atoms. The Morgan fingerprint density at radius 1 is 1.21 bits per heavy atom. The maximum absolute atomic E-state index is 12.0. The van der Waals surface area contributed by atoms with E-state index in [0.717, 1.165) is 5.56 Å². The molecular weight excluding hydrogens is 511 g/mol. The highest BCUT2D eigenvalue weighted by Crippen LogP contribution is 2.27. The van der Waals surface area contributed by atoms with E-state index in [2.05, 4.69) is 20.9 Å². The van der Waals surface area contributed by atoms with E-state index in [9.17, 15) is 13.2 Å². The van der Waals surface area contributed by atoms with Crippen molar-refractivity contribution < 1.29 is 22.7 Å². The molecule has 0 bridgehead atoms. The zero-order valence-electron chi connectivity index (χ0n) is 16.9. The molecule has 1 atom stereocenters. The lowest BCUT2D eigenvalue weighted by Gasteiger charge is -2.14. The van der Waals surface area contributed by atoms with E-state index in [1.165, 1.54) is 0 Å². The molecule has 1 fully saturated rings. The summed E-state index contributed by atoms with van der Waals surface area (Å²) >= 11 is 0. The summed E-state index contributed by atoms with van der Waals surface area (Å²) in [6.45, 7) is 0.906. The number of benzene rings is 1. The second kappa shape index (κ2) is 12.1. The van der Waals surface area contributed by atoms with Crippen molar-refractivity contribution in [2.75, 3.05) is 39.3 Å². The standard InChI is InChI=1S/C18H28N4O5S.HI/c1-19-18(21-11-13-4-5-15(26-2)16(10-13)27-3)20-8-6-17(23)22-14-7-9-28(24,25)12-14;/h4-5,10,14H,6-9,11-12H2,1-3H3,(H,22,23)(H2,19,20,21);1H. The fraction of sp³-hybridized carbons (Fsp3) is 0.556. The van der Waals surface area contributed by atoms with E-state index in [4.69, 9.17) is 9.47 Å². The molecule has 1 aliphatic rings. The summed E-state index contributed by atoms with van der Waals surface area (Å²) in [6.07, 6.45) is 0.712. The van der Waals surface area contributed by atoms with E-state index >= 15 is 0 Å². The number of carbonyl (C=O) groups is 1. The average molecular weight is 540 g/mol. The number of sulfone groups is 1. The molecular formula is C18H29IN4O5S. The summed E-state index contributed by atoms with van der Waals surface area (Å²) in [4.78, 5) is 16.1. The molecule has 0 saturated carbocycles. The van der Waals surface area contributed by atoms with Crippen LogP contribution in [0, 0.1) is 0 Å². The molecule has 1 amide bonds. The number of nitrogens with zero attached hydrogens (tertiary/aromatic N) is 1. The largest absolute Gasteiger partial charge is 0.493 e. The van der Waals surface area contributed by atoms with Crippen LogP contribution in [0.1, 0.15) is 18.4 Å². The number of hydrogen-bond acceptors (Lipinski definition) is 6. The van der Waals surface area contributed by atoms with Gasteiger partial charge in [-0.05, 0) is 24.1 Å². The number of nitrogens with one attached hydrogen (secondary N) is 3. The highest BCUT2D eigenvalue weighted by molar-refractivity contribution is 14.0. The molecule has 0 radical (unpaired) electrons. The van der Waals surface area contributed by atoms with Crippen molar-refractivity contribution in [2.45, 2.75) is 25.4 Å². The van der Waals surface area contributed by atoms with Crippen molar-refractivity contribution in [2.24, 2.45) is 4.99 Å². The second-order valence-corrected chi connectivity index (χ2v) is 8.69. The number of ether oxygens (including phenoxy) is 2. The monoisotopic (exact) mass is 540 g/mol. The fourth-order valence-corrected chi connectivity index (χ4v) is 4.57. The third-order valence-electron chi connectivity index (χ3n) is 4.37. The van der Waals surface area contributed by atoms with Gasteiger partial charge in [-0.2, -0.15) is 0 Å². The highest BCUT2D eigenvalue weighted by atomic mass is 127. The van der Waals surface area contributed by atoms with Gasteiger partial charge in [0.15, 0.2) is 27.3 Å². The van der Waals surface area contributed by atoms with Crippen LogP contribution in [0.2, 0.25) is 0 Å². The molecule has 1 aromatic carbocycles. The summed E-state index contributed by atoms with van der Waals surface area (Å²) in [5.74, 6) is 1.87. The van der Waals surface area contributed by atoms with Gasteiger partial charge in [-0.15, -0.1) is 24.0 Å². The van der Waals surface area contributed by atoms with Crippen molar-refractivity contribution >= 4 is 45.7 Å². The van der Waals surface area contributed by atoms with Crippen LogP contribution >= 0.6 is 24.0 Å². The Morgan fingerprint density at radius 3 is 2.52 bits per heavy atom. The summed E-state index contributed by atoms with van der Waals surface area (Å²) < 4.78 is 33.4. The fourth-order valence-electron chi connectivity index (χ4n) is 2.90. The molecule has 9 nitrogen and oxygen atoms in total. The van der Waals surface area contributed by atoms with Crippen LogP contribution < -0.4 is 25.4 Å². The molecule has 0 aliphatic carbocycles. The minimum Gasteiger partial charge on any atom is -0.493 e. The first kappa shape index (κ1) is 25.3. The van der Waals surface area contributed by atoms with Crippen molar-refractivity contribution in [3.05, 3.63) is 23.8 Å². The van der Waals surface area contributed by atoms with Gasteiger partial charge < -0.3 is 25.4 Å². The average Bonchev–Trinajstić information content (AvgIpc) is 3.02. The van der Waals surface area contributed by atoms with Gasteiger partial charge >= 0.3 is 0 Å². The molecule has 164 valence electrons. The molecule has 1 aliphatic heterocycles. The molecule has 2 rings (SSSR count). The summed E-state index contributed by atoms with van der Waals surface area (Å²) in [7, 11) is 1.82. The molecule has 0 aromatic heterocycles. The first-order valence-electron chi connectivity index (χ1n) is 9.02. The van der Waals surface area contributed by atoms with Gasteiger partial charge in [0.05, 0.1) is 25.7 Å². The van der Waals surface area contributed by atoms with Gasteiger partial charge in [-0.3, -0.25) is 9.79 Å². The second-order valence-electron chi connectivity index (χ2n) is 6.46. The lowest BCUT2D eigenvalue weighted by Crippen LogP contribution is -2.40. The number of carbonyl (C=O) groups excluding carboxylic acids is 1. The van der Waals surface area contributed by atoms with E-state index in [0.29, 0.717) is 37.0 Å². The van der Waals surface area contributed by atoms with Crippen LogP contribution in [0.5, 0.6) is 11.5 Å². The highest BCUT2D eigenvalue weighted by Gasteiger charge is 2.28. The Hall–Kier alpha value is -1.76. The molecule has 29 heavy (non-hydrogen) atoms. The van der Waals surface area contributed by atoms with Crippen molar-refractivity contribution in [3.8, 4) is 11.5 Å². The number of methoxy groups -OCH3 is 2. The van der Waals surface area contributed by atoms with Crippen molar-refractivity contribution in [3.63, 3.8) is 0 Å². The van der Waals surface area contributed by atoms with Crippen molar-refractivity contribution in [1.29, 1.82) is 0 Å². The van der Waals surface area contributed by atoms with Gasteiger partial charge in [-0.1, -0.05) is 6.07 Å². The maximum Gasteiger partial charge on any atom is 0.222 e. The number of amides is 1. The quantitative estimate of drug-likeness (QED) is 0.252. The number of guanidine groups is 1. The first-order chi connectivity index (χ1) is 13.4. The van der Waals surface area contributed by atoms with Crippen LogP contribution in [-0.2, 0) is 21.2 Å². The third-order valence-corrected chi connectivity index (χ3v) is 6.14. The van der Waals surface area contributed by atoms with Gasteiger partial charge in [0.1, 0.15) is 0 Å². The van der Waals surface area contributed by atoms with Gasteiger partial charge in [0.25, 0.3) is 0 Å². The Labute approximate surface area is 189 Å². The van der Waals surface area contributed by atoms with Crippen LogP contribution in [-0.4, -0.2) is 65.6 Å². The van der Waals surface area contributed by atoms with Gasteiger partial charge in [0, 0.05) is 32.6 Å². The van der Waals surface area contributed by atoms with E-state index < -0.39 is 9.84 Å². The Morgan fingerprint density at radius 2 is 1.93 bits per heavy atom. The topological polar surface area (TPSA) is 118 Å². The number of rotatable bonds is 8. The first-order valence-corrected chi connectivity index (χ1v) is 10.8. The predicted octanol–water partition coefficient (Wildman–Crippen LogP) is 0.680. The minimum atomic E-state index is -3.00. The number of hydrogen-bond donors (Lipinski definition) is 3. The van der Waals surface area contributed by atoms with Gasteiger partial charge in [0.2, 0.25) is 5.91 Å². The summed E-state index contributed by atoms with van der Waals surface area (Å²) in [5.41, 5.74) is 0.987. The Kier molecular flexibility index (Phi) is 10.5. The molecule has 3 N–H and O–H groups in total. The van der Waals surface area contributed by atoms with Crippen molar-refractivity contribution in [1.82, 2.24) is 16.0 Å². The SMILES string of the molecule is CN=C(NCCC(=O)NC1CCS(=O)(=O)C1)NCc1ccc(OC)c(OC)c1.I. The Balaban J connectivity index is 0.00000420. The third kappa shape index (κ3) is 8.25. The lowest BCUT2D eigenvalue weighted by molar-refractivity contribution is -0.121. The van der Waals surface area contributed by atoms with Crippen LogP contribution in [0.25, 0.3) is 0 Å². The number of halogens is 1. The molecule has 1 saturated heterocycles. The maximum atomic E-state index is 12.0. The summed E-state index contributed by atoms with van der Waals surface area (Å²) in [6, 6.07) is 5.35. The molecule has 11 heteroatoms. The Bertz CT molecular complexity index is 816. The van der Waals surface area contributed by atoms with E-state index in [-0.39, 0.29) is 53.9 Å². The van der Waals surface area contributed by atoms with Crippen LogP contribution in [0.4, 0.5) is 0 Å². The predicted molar refractivity (Wildman–Crippen MR) is 123 cm³/mol. The van der Waals surface area contributed by atoms with Gasteiger partial charge in [-0.25, -0.2) is 8.42 Å². The lowest BCUT2D eigenvalue weighted by atomic mass is 10.2. The zero-order chi connectivity index (χ0) is 20.6. The van der Waals surface area contributed by atoms with Crippen LogP contribution in [0.3, 0.4) is 0 Å². The normalized spacial score (nSPS) is 17.8. The molecule has 1 aromatic rings. The molecule has 1 heterocycles. The number of aliphatic imine (C=N–C) groups is 1. The summed E-state index contributed by atoms with van der Waals surface area (Å²) in [5, 5.41) is 8.99. The van der Waals surface area contributed by atoms with E-state index in [1.807, 2.05) is 18.2 Å². The minimum absolute atomic E-state index is 0. The van der Waals surface area contributed by atoms with Crippen LogP contribution in [0.15, 0.2) is 23.2 Å². The van der Waals surface area contributed by atoms with E-state index in [1.54, 1.807) is 21.3 Å². The molecule has 1 unspecified atom stereocenters.